The second kappa shape index (κ2) is 13.0. The minimum absolute atomic E-state index is 0.218. The zero-order valence-electron chi connectivity index (χ0n) is 22.0. The molecule has 0 saturated carbocycles. The number of carbonyl (C=O) groups excluding carboxylic acids is 1. The predicted octanol–water partition coefficient (Wildman–Crippen LogP) is 0.0428. The first kappa shape index (κ1) is 26.3. The highest BCUT2D eigenvalue weighted by Gasteiger charge is 2.23. The standard InChI is InChI=1S/C14H21N5O2.C11H17N5O/c1-2-13(20)18-5-7-19(8-6-18)14-15-4-3-12(17-14)16-11-9-21-10-11;1-2-13-11(16-5-3-12-4-6-16)15-10(1)14-9-7-17-8-9/h3-4,11H,2,5-10H2,1H3,(H,15,16,17);1-2,9,12H,3-8H2,(H,13,14,15). The minimum Gasteiger partial charge on any atom is -0.377 e. The fourth-order valence-corrected chi connectivity index (χ4v) is 4.46. The molecule has 206 valence electrons. The van der Waals surface area contributed by atoms with Crippen molar-refractivity contribution in [2.75, 3.05) is 99.2 Å². The van der Waals surface area contributed by atoms with Crippen LogP contribution in [0, 0.1) is 0 Å². The molecule has 2 aromatic heterocycles. The Hall–Kier alpha value is -3.29. The van der Waals surface area contributed by atoms with Crippen LogP contribution in [0.15, 0.2) is 24.5 Å². The largest absolute Gasteiger partial charge is 0.377 e. The van der Waals surface area contributed by atoms with Gasteiger partial charge in [0.2, 0.25) is 17.8 Å². The molecule has 38 heavy (non-hydrogen) atoms. The number of piperazine rings is 2. The molecule has 13 heteroatoms. The normalized spacial score (nSPS) is 20.1. The topological polar surface area (TPSA) is 133 Å². The van der Waals surface area contributed by atoms with E-state index in [4.69, 9.17) is 9.47 Å². The molecular weight excluding hydrogens is 488 g/mol. The number of carbonyl (C=O) groups is 1. The van der Waals surface area contributed by atoms with Crippen molar-refractivity contribution >= 4 is 29.4 Å². The molecule has 0 spiro atoms. The first-order valence-electron chi connectivity index (χ1n) is 13.5. The van der Waals surface area contributed by atoms with Crippen LogP contribution in [0.2, 0.25) is 0 Å². The molecule has 0 atom stereocenters. The van der Waals surface area contributed by atoms with E-state index in [1.165, 1.54) is 0 Å². The van der Waals surface area contributed by atoms with E-state index in [1.54, 1.807) is 6.20 Å². The van der Waals surface area contributed by atoms with Gasteiger partial charge in [0.1, 0.15) is 11.6 Å². The van der Waals surface area contributed by atoms with Gasteiger partial charge in [-0.05, 0) is 12.1 Å². The second-order valence-electron chi connectivity index (χ2n) is 9.70. The van der Waals surface area contributed by atoms with Crippen LogP contribution in [0.4, 0.5) is 23.5 Å². The van der Waals surface area contributed by atoms with E-state index in [9.17, 15) is 4.79 Å². The highest BCUT2D eigenvalue weighted by molar-refractivity contribution is 5.76. The highest BCUT2D eigenvalue weighted by Crippen LogP contribution is 2.16. The fourth-order valence-electron chi connectivity index (χ4n) is 4.46. The summed E-state index contributed by atoms with van der Waals surface area (Å²) in [4.78, 5) is 35.7. The molecule has 0 bridgehead atoms. The number of amides is 1. The van der Waals surface area contributed by atoms with Crippen molar-refractivity contribution in [1.29, 1.82) is 0 Å². The Labute approximate surface area is 223 Å². The molecule has 2 aromatic rings. The first-order chi connectivity index (χ1) is 18.7. The van der Waals surface area contributed by atoms with Gasteiger partial charge < -0.3 is 40.1 Å². The van der Waals surface area contributed by atoms with E-state index in [0.29, 0.717) is 18.5 Å². The number of anilines is 4. The van der Waals surface area contributed by atoms with Crippen LogP contribution in [-0.2, 0) is 14.3 Å². The lowest BCUT2D eigenvalue weighted by molar-refractivity contribution is -0.131. The Morgan fingerprint density at radius 2 is 1.34 bits per heavy atom. The smallest absolute Gasteiger partial charge is 0.227 e. The SMILES string of the molecule is CCC(=O)N1CCN(c2nccc(NC3COC3)n2)CC1.c1cc(NC2COC2)nc(N2CCNCC2)n1. The van der Waals surface area contributed by atoms with E-state index < -0.39 is 0 Å². The molecular formula is C25H38N10O3. The van der Waals surface area contributed by atoms with Crippen LogP contribution in [0.5, 0.6) is 0 Å². The maximum atomic E-state index is 11.7. The summed E-state index contributed by atoms with van der Waals surface area (Å²) in [5, 5.41) is 9.99. The van der Waals surface area contributed by atoms with Crippen LogP contribution in [0.25, 0.3) is 0 Å². The third kappa shape index (κ3) is 6.97. The van der Waals surface area contributed by atoms with Gasteiger partial charge in [-0.15, -0.1) is 0 Å². The van der Waals surface area contributed by atoms with E-state index in [2.05, 4.69) is 45.7 Å². The third-order valence-electron chi connectivity index (χ3n) is 6.88. The molecule has 6 rings (SSSR count). The zero-order valence-corrected chi connectivity index (χ0v) is 22.0. The molecule has 3 N–H and O–H groups in total. The lowest BCUT2D eigenvalue weighted by atomic mass is 10.2. The number of hydrogen-bond acceptors (Lipinski definition) is 12. The molecule has 4 fully saturated rings. The lowest BCUT2D eigenvalue weighted by Gasteiger charge is -2.35. The summed E-state index contributed by atoms with van der Waals surface area (Å²) < 4.78 is 10.3. The third-order valence-corrected chi connectivity index (χ3v) is 6.88. The first-order valence-corrected chi connectivity index (χ1v) is 13.5. The Balaban J connectivity index is 0.000000158. The van der Waals surface area contributed by atoms with E-state index in [0.717, 1.165) is 102 Å². The van der Waals surface area contributed by atoms with Crippen LogP contribution < -0.4 is 25.8 Å². The van der Waals surface area contributed by atoms with Crippen LogP contribution in [0.1, 0.15) is 13.3 Å². The number of aromatic nitrogens is 4. The van der Waals surface area contributed by atoms with E-state index >= 15 is 0 Å². The highest BCUT2D eigenvalue weighted by atomic mass is 16.5. The van der Waals surface area contributed by atoms with Gasteiger partial charge in [0.05, 0.1) is 38.5 Å². The summed E-state index contributed by atoms with van der Waals surface area (Å²) in [5.74, 6) is 3.48. The molecule has 0 aliphatic carbocycles. The summed E-state index contributed by atoms with van der Waals surface area (Å²) in [6, 6.07) is 4.54. The van der Waals surface area contributed by atoms with Gasteiger partial charge in [0.15, 0.2) is 0 Å². The summed E-state index contributed by atoms with van der Waals surface area (Å²) in [6.45, 7) is 11.9. The van der Waals surface area contributed by atoms with Gasteiger partial charge in [-0.3, -0.25) is 4.79 Å². The molecule has 6 heterocycles. The summed E-state index contributed by atoms with van der Waals surface area (Å²) in [7, 11) is 0. The van der Waals surface area contributed by atoms with E-state index in [-0.39, 0.29) is 5.91 Å². The average Bonchev–Trinajstić information content (AvgIpc) is 2.94. The average molecular weight is 527 g/mol. The Bertz CT molecular complexity index is 1040. The summed E-state index contributed by atoms with van der Waals surface area (Å²) >= 11 is 0. The maximum absolute atomic E-state index is 11.7. The molecule has 1 amide bonds. The van der Waals surface area contributed by atoms with Crippen LogP contribution >= 0.6 is 0 Å². The fraction of sp³-hybridized carbons (Fsp3) is 0.640. The number of nitrogens with zero attached hydrogens (tertiary/aromatic N) is 7. The van der Waals surface area contributed by atoms with Crippen molar-refractivity contribution in [1.82, 2.24) is 30.2 Å². The molecule has 13 nitrogen and oxygen atoms in total. The molecule has 4 saturated heterocycles. The quantitative estimate of drug-likeness (QED) is 0.450. The number of ether oxygens (including phenoxy) is 2. The van der Waals surface area contributed by atoms with Crippen molar-refractivity contribution in [3.63, 3.8) is 0 Å². The Kier molecular flexibility index (Phi) is 8.99. The van der Waals surface area contributed by atoms with Gasteiger partial charge in [-0.2, -0.15) is 9.97 Å². The van der Waals surface area contributed by atoms with Crippen molar-refractivity contribution in [2.45, 2.75) is 25.4 Å². The van der Waals surface area contributed by atoms with Crippen LogP contribution in [-0.4, -0.2) is 122 Å². The molecule has 0 radical (unpaired) electrons. The molecule has 4 aliphatic heterocycles. The minimum atomic E-state index is 0.218. The predicted molar refractivity (Wildman–Crippen MR) is 145 cm³/mol. The zero-order chi connectivity index (χ0) is 26.2. The van der Waals surface area contributed by atoms with Crippen molar-refractivity contribution < 1.29 is 14.3 Å². The summed E-state index contributed by atoms with van der Waals surface area (Å²) in [5.41, 5.74) is 0. The van der Waals surface area contributed by atoms with Crippen molar-refractivity contribution in [3.8, 4) is 0 Å². The monoisotopic (exact) mass is 526 g/mol. The van der Waals surface area contributed by atoms with Gasteiger partial charge in [-0.1, -0.05) is 6.92 Å². The van der Waals surface area contributed by atoms with Gasteiger partial charge >= 0.3 is 0 Å². The Morgan fingerprint density at radius 3 is 1.79 bits per heavy atom. The Morgan fingerprint density at radius 1 is 0.842 bits per heavy atom. The second-order valence-corrected chi connectivity index (χ2v) is 9.70. The van der Waals surface area contributed by atoms with Crippen molar-refractivity contribution in [2.24, 2.45) is 0 Å². The molecule has 0 unspecified atom stereocenters. The van der Waals surface area contributed by atoms with Crippen LogP contribution in [0.3, 0.4) is 0 Å². The molecule has 0 aromatic carbocycles. The maximum Gasteiger partial charge on any atom is 0.227 e. The summed E-state index contributed by atoms with van der Waals surface area (Å²) in [6.07, 6.45) is 4.15. The number of rotatable bonds is 7. The van der Waals surface area contributed by atoms with Gasteiger partial charge in [-0.25, -0.2) is 9.97 Å². The van der Waals surface area contributed by atoms with Crippen molar-refractivity contribution in [3.05, 3.63) is 24.5 Å². The number of nitrogens with one attached hydrogen (secondary N) is 3. The molecule has 4 aliphatic rings. The van der Waals surface area contributed by atoms with Gasteiger partial charge in [0.25, 0.3) is 0 Å². The van der Waals surface area contributed by atoms with E-state index in [1.807, 2.05) is 30.2 Å². The lowest BCUT2D eigenvalue weighted by Crippen LogP contribution is -2.49. The number of hydrogen-bond donors (Lipinski definition) is 3. The van der Waals surface area contributed by atoms with Gasteiger partial charge in [0, 0.05) is 71.2 Å².